The highest BCUT2D eigenvalue weighted by Crippen LogP contribution is 2.50. The number of carbonyl (C=O) groups is 1. The summed E-state index contributed by atoms with van der Waals surface area (Å²) < 4.78 is 0. The van der Waals surface area contributed by atoms with Crippen LogP contribution in [0.4, 0.5) is 0 Å². The van der Waals surface area contributed by atoms with Gasteiger partial charge in [0.05, 0.1) is 0 Å². The lowest BCUT2D eigenvalue weighted by Gasteiger charge is -2.24. The first kappa shape index (κ1) is 7.84. The first-order valence-electron chi connectivity index (χ1n) is 5.65. The van der Waals surface area contributed by atoms with Gasteiger partial charge >= 0.3 is 0 Å². The van der Waals surface area contributed by atoms with E-state index in [4.69, 9.17) is 0 Å². The molecule has 3 aliphatic rings. The lowest BCUT2D eigenvalue weighted by Crippen LogP contribution is -2.36. The normalized spacial score (nSPS) is 38.2. The monoisotopic (exact) mass is 179 g/mol. The summed E-state index contributed by atoms with van der Waals surface area (Å²) in [4.78, 5) is 11.6. The summed E-state index contributed by atoms with van der Waals surface area (Å²) in [5.41, 5.74) is 0. The van der Waals surface area contributed by atoms with Crippen molar-refractivity contribution in [1.29, 1.82) is 0 Å². The van der Waals surface area contributed by atoms with Gasteiger partial charge in [-0.25, -0.2) is 0 Å². The van der Waals surface area contributed by atoms with Crippen molar-refractivity contribution in [2.45, 2.75) is 44.6 Å². The molecule has 0 aliphatic heterocycles. The molecule has 0 bridgehead atoms. The van der Waals surface area contributed by atoms with Crippen LogP contribution in [0.2, 0.25) is 0 Å². The Kier molecular flexibility index (Phi) is 1.64. The first-order valence-corrected chi connectivity index (χ1v) is 5.65. The minimum atomic E-state index is 0.347. The van der Waals surface area contributed by atoms with E-state index in [1.807, 2.05) is 0 Å². The van der Waals surface area contributed by atoms with Crippen molar-refractivity contribution >= 4 is 5.91 Å². The third kappa shape index (κ3) is 1.47. The van der Waals surface area contributed by atoms with Crippen molar-refractivity contribution in [1.82, 2.24) is 5.32 Å². The molecule has 1 amide bonds. The molecule has 3 saturated carbocycles. The lowest BCUT2D eigenvalue weighted by atomic mass is 9.85. The SMILES string of the molecule is O=C(NC1CC1C1CC1)C1CCC1. The van der Waals surface area contributed by atoms with E-state index in [0.717, 1.165) is 24.7 Å². The zero-order valence-electron chi connectivity index (χ0n) is 7.96. The molecular weight excluding hydrogens is 162 g/mol. The Morgan fingerprint density at radius 3 is 2.46 bits per heavy atom. The van der Waals surface area contributed by atoms with Gasteiger partial charge in [-0.1, -0.05) is 6.42 Å². The van der Waals surface area contributed by atoms with E-state index >= 15 is 0 Å². The smallest absolute Gasteiger partial charge is 0.223 e. The van der Waals surface area contributed by atoms with E-state index in [-0.39, 0.29) is 0 Å². The Labute approximate surface area is 79.1 Å². The summed E-state index contributed by atoms with van der Waals surface area (Å²) in [6.07, 6.45) is 7.62. The topological polar surface area (TPSA) is 29.1 Å². The molecule has 3 aliphatic carbocycles. The summed E-state index contributed by atoms with van der Waals surface area (Å²) in [6.45, 7) is 0. The molecule has 2 unspecified atom stereocenters. The van der Waals surface area contributed by atoms with Crippen molar-refractivity contribution < 1.29 is 4.79 Å². The van der Waals surface area contributed by atoms with Gasteiger partial charge in [0, 0.05) is 12.0 Å². The van der Waals surface area contributed by atoms with Crippen LogP contribution in [0.5, 0.6) is 0 Å². The predicted molar refractivity (Wildman–Crippen MR) is 50.1 cm³/mol. The second-order valence-corrected chi connectivity index (χ2v) is 4.98. The average molecular weight is 179 g/mol. The maximum absolute atomic E-state index is 11.6. The molecule has 0 heterocycles. The van der Waals surface area contributed by atoms with Gasteiger partial charge in [-0.3, -0.25) is 4.79 Å². The molecule has 2 heteroatoms. The number of amides is 1. The van der Waals surface area contributed by atoms with Crippen LogP contribution < -0.4 is 5.32 Å². The second-order valence-electron chi connectivity index (χ2n) is 4.98. The van der Waals surface area contributed by atoms with E-state index in [1.54, 1.807) is 0 Å². The average Bonchev–Trinajstić information content (AvgIpc) is 2.72. The number of carbonyl (C=O) groups excluding carboxylic acids is 1. The maximum Gasteiger partial charge on any atom is 0.223 e. The second kappa shape index (κ2) is 2.73. The Morgan fingerprint density at radius 1 is 1.15 bits per heavy atom. The lowest BCUT2D eigenvalue weighted by molar-refractivity contribution is -0.127. The third-order valence-electron chi connectivity index (χ3n) is 3.87. The van der Waals surface area contributed by atoms with E-state index < -0.39 is 0 Å². The number of rotatable bonds is 3. The molecule has 0 aromatic carbocycles. The van der Waals surface area contributed by atoms with Crippen LogP contribution in [-0.2, 0) is 4.79 Å². The number of hydrogen-bond acceptors (Lipinski definition) is 1. The van der Waals surface area contributed by atoms with E-state index in [0.29, 0.717) is 17.9 Å². The van der Waals surface area contributed by atoms with Gasteiger partial charge in [0.2, 0.25) is 5.91 Å². The van der Waals surface area contributed by atoms with Crippen LogP contribution in [0, 0.1) is 17.8 Å². The Morgan fingerprint density at radius 2 is 1.92 bits per heavy atom. The van der Waals surface area contributed by atoms with Crippen LogP contribution in [0.15, 0.2) is 0 Å². The van der Waals surface area contributed by atoms with Crippen molar-refractivity contribution in [2.24, 2.45) is 17.8 Å². The molecule has 0 radical (unpaired) electrons. The molecule has 0 aromatic heterocycles. The van der Waals surface area contributed by atoms with E-state index in [9.17, 15) is 4.79 Å². The largest absolute Gasteiger partial charge is 0.353 e. The van der Waals surface area contributed by atoms with Gasteiger partial charge in [-0.05, 0) is 43.9 Å². The molecule has 72 valence electrons. The van der Waals surface area contributed by atoms with Crippen LogP contribution in [0.1, 0.15) is 38.5 Å². The van der Waals surface area contributed by atoms with Gasteiger partial charge in [0.25, 0.3) is 0 Å². The maximum atomic E-state index is 11.6. The zero-order valence-corrected chi connectivity index (χ0v) is 7.96. The van der Waals surface area contributed by atoms with Crippen LogP contribution in [0.3, 0.4) is 0 Å². The first-order chi connectivity index (χ1) is 6.34. The molecule has 2 nitrogen and oxygen atoms in total. The number of nitrogens with one attached hydrogen (secondary N) is 1. The number of hydrogen-bond donors (Lipinski definition) is 1. The minimum absolute atomic E-state index is 0.347. The molecule has 13 heavy (non-hydrogen) atoms. The Bertz CT molecular complexity index is 230. The van der Waals surface area contributed by atoms with Crippen LogP contribution in [-0.4, -0.2) is 11.9 Å². The third-order valence-corrected chi connectivity index (χ3v) is 3.87. The molecule has 1 N–H and O–H groups in total. The molecule has 0 saturated heterocycles. The van der Waals surface area contributed by atoms with E-state index in [1.165, 1.54) is 25.7 Å². The highest BCUT2D eigenvalue weighted by atomic mass is 16.2. The molecule has 3 fully saturated rings. The Balaban J connectivity index is 1.45. The summed E-state index contributed by atoms with van der Waals surface area (Å²) in [7, 11) is 0. The summed E-state index contributed by atoms with van der Waals surface area (Å²) in [5, 5.41) is 3.19. The molecular formula is C11H17NO. The molecule has 0 spiro atoms. The highest BCUT2D eigenvalue weighted by molar-refractivity contribution is 5.80. The van der Waals surface area contributed by atoms with Crippen molar-refractivity contribution in [3.8, 4) is 0 Å². The Hall–Kier alpha value is -0.530. The van der Waals surface area contributed by atoms with Crippen molar-refractivity contribution in [3.63, 3.8) is 0 Å². The fourth-order valence-electron chi connectivity index (χ4n) is 2.40. The van der Waals surface area contributed by atoms with Crippen molar-refractivity contribution in [2.75, 3.05) is 0 Å². The minimum Gasteiger partial charge on any atom is -0.353 e. The van der Waals surface area contributed by atoms with Gasteiger partial charge in [0.15, 0.2) is 0 Å². The predicted octanol–water partition coefficient (Wildman–Crippen LogP) is 1.70. The molecule has 3 rings (SSSR count). The summed E-state index contributed by atoms with van der Waals surface area (Å²) in [5.74, 6) is 2.57. The van der Waals surface area contributed by atoms with Gasteiger partial charge in [-0.2, -0.15) is 0 Å². The van der Waals surface area contributed by atoms with Gasteiger partial charge < -0.3 is 5.32 Å². The van der Waals surface area contributed by atoms with Crippen LogP contribution in [0.25, 0.3) is 0 Å². The standard InChI is InChI=1S/C11H17NO/c13-11(8-2-1-3-8)12-10-6-9(10)7-4-5-7/h7-10H,1-6H2,(H,12,13). The molecule has 2 atom stereocenters. The zero-order chi connectivity index (χ0) is 8.84. The van der Waals surface area contributed by atoms with Crippen LogP contribution >= 0.6 is 0 Å². The van der Waals surface area contributed by atoms with E-state index in [2.05, 4.69) is 5.32 Å². The fourth-order valence-corrected chi connectivity index (χ4v) is 2.40. The van der Waals surface area contributed by atoms with Gasteiger partial charge in [0.1, 0.15) is 0 Å². The highest BCUT2D eigenvalue weighted by Gasteiger charge is 2.48. The van der Waals surface area contributed by atoms with Crippen molar-refractivity contribution in [3.05, 3.63) is 0 Å². The van der Waals surface area contributed by atoms with Gasteiger partial charge in [-0.15, -0.1) is 0 Å². The fraction of sp³-hybridized carbons (Fsp3) is 0.909. The summed E-state index contributed by atoms with van der Waals surface area (Å²) in [6, 6.07) is 0.570. The quantitative estimate of drug-likeness (QED) is 0.702. The molecule has 0 aromatic rings. The summed E-state index contributed by atoms with van der Waals surface area (Å²) >= 11 is 0.